The Kier molecular flexibility index (Phi) is 4.54. The van der Waals surface area contributed by atoms with Crippen molar-refractivity contribution in [1.82, 2.24) is 20.1 Å². The maximum absolute atomic E-state index is 12.3. The summed E-state index contributed by atoms with van der Waals surface area (Å²) in [4.78, 5) is 20.8. The third-order valence-corrected chi connectivity index (χ3v) is 4.36. The average molecular weight is 282 g/mol. The van der Waals surface area contributed by atoms with Crippen LogP contribution in [0.15, 0.2) is 5.38 Å². The number of nitrogens with one attached hydrogen (secondary N) is 1. The molecule has 2 unspecified atom stereocenters. The van der Waals surface area contributed by atoms with E-state index in [1.54, 1.807) is 16.2 Å². The summed E-state index contributed by atoms with van der Waals surface area (Å²) in [6.45, 7) is 6.66. The van der Waals surface area contributed by atoms with Crippen LogP contribution in [-0.4, -0.2) is 60.5 Å². The van der Waals surface area contributed by atoms with E-state index in [0.29, 0.717) is 6.54 Å². The van der Waals surface area contributed by atoms with Crippen molar-refractivity contribution in [3.05, 3.63) is 16.1 Å². The van der Waals surface area contributed by atoms with E-state index < -0.39 is 0 Å². The number of hydrogen-bond donors (Lipinski definition) is 1. The summed E-state index contributed by atoms with van der Waals surface area (Å²) in [7, 11) is 3.62. The summed E-state index contributed by atoms with van der Waals surface area (Å²) >= 11 is 1.66. The molecule has 0 spiro atoms. The SMILES string of the molecule is Cc1nc(C(C)N2CCNCC2C(=O)N(C)C)cs1. The minimum Gasteiger partial charge on any atom is -0.347 e. The summed E-state index contributed by atoms with van der Waals surface area (Å²) in [5.41, 5.74) is 1.07. The van der Waals surface area contributed by atoms with Crippen LogP contribution >= 0.6 is 11.3 Å². The molecule has 0 aliphatic carbocycles. The first-order valence-electron chi connectivity index (χ1n) is 6.60. The molecule has 2 rings (SSSR count). The van der Waals surface area contributed by atoms with Gasteiger partial charge in [-0.05, 0) is 13.8 Å². The van der Waals surface area contributed by atoms with Gasteiger partial charge >= 0.3 is 0 Å². The molecule has 1 saturated heterocycles. The minimum absolute atomic E-state index is 0.0965. The maximum atomic E-state index is 12.3. The highest BCUT2D eigenvalue weighted by atomic mass is 32.1. The average Bonchev–Trinajstić information content (AvgIpc) is 2.83. The van der Waals surface area contributed by atoms with Crippen LogP contribution in [-0.2, 0) is 4.79 Å². The van der Waals surface area contributed by atoms with E-state index in [-0.39, 0.29) is 18.0 Å². The van der Waals surface area contributed by atoms with E-state index >= 15 is 0 Å². The lowest BCUT2D eigenvalue weighted by Gasteiger charge is -2.39. The molecule has 106 valence electrons. The highest BCUT2D eigenvalue weighted by molar-refractivity contribution is 7.09. The fourth-order valence-electron chi connectivity index (χ4n) is 2.45. The Hall–Kier alpha value is -0.980. The number of thiazole rings is 1. The Morgan fingerprint density at radius 2 is 2.37 bits per heavy atom. The van der Waals surface area contributed by atoms with E-state index in [1.165, 1.54) is 0 Å². The van der Waals surface area contributed by atoms with Gasteiger partial charge in [0.05, 0.1) is 16.7 Å². The van der Waals surface area contributed by atoms with Crippen molar-refractivity contribution in [2.75, 3.05) is 33.7 Å². The van der Waals surface area contributed by atoms with Gasteiger partial charge in [-0.15, -0.1) is 11.3 Å². The van der Waals surface area contributed by atoms with E-state index in [4.69, 9.17) is 0 Å². The van der Waals surface area contributed by atoms with Crippen molar-refractivity contribution in [2.45, 2.75) is 25.9 Å². The van der Waals surface area contributed by atoms with Gasteiger partial charge in [0.25, 0.3) is 0 Å². The maximum Gasteiger partial charge on any atom is 0.240 e. The Bertz CT molecular complexity index is 446. The molecule has 5 nitrogen and oxygen atoms in total. The molecule has 19 heavy (non-hydrogen) atoms. The van der Waals surface area contributed by atoms with Gasteiger partial charge in [-0.3, -0.25) is 9.69 Å². The van der Waals surface area contributed by atoms with Crippen LogP contribution < -0.4 is 5.32 Å². The van der Waals surface area contributed by atoms with Gasteiger partial charge in [-0.1, -0.05) is 0 Å². The number of piperazine rings is 1. The number of amides is 1. The Morgan fingerprint density at radius 3 is 2.95 bits per heavy atom. The van der Waals surface area contributed by atoms with Crippen LogP contribution in [0.25, 0.3) is 0 Å². The zero-order chi connectivity index (χ0) is 14.0. The second-order valence-electron chi connectivity index (χ2n) is 5.16. The number of aryl methyl sites for hydroxylation is 1. The number of carbonyl (C=O) groups excluding carboxylic acids is 1. The Balaban J connectivity index is 2.17. The largest absolute Gasteiger partial charge is 0.347 e. The predicted molar refractivity (Wildman–Crippen MR) is 77.3 cm³/mol. The molecule has 2 heterocycles. The van der Waals surface area contributed by atoms with Gasteiger partial charge in [0.2, 0.25) is 5.91 Å². The van der Waals surface area contributed by atoms with E-state index in [1.807, 2.05) is 21.0 Å². The Morgan fingerprint density at radius 1 is 1.63 bits per heavy atom. The standard InChI is InChI=1S/C13H22N4OS/c1-9(11-8-19-10(2)15-11)17-6-5-14-7-12(17)13(18)16(3)4/h8-9,12,14H,5-7H2,1-4H3. The molecular weight excluding hydrogens is 260 g/mol. The number of likely N-dealkylation sites (N-methyl/N-ethyl adjacent to an activating group) is 1. The van der Waals surface area contributed by atoms with Gasteiger partial charge in [0.15, 0.2) is 0 Å². The molecule has 0 aromatic carbocycles. The number of carbonyl (C=O) groups is 1. The van der Waals surface area contributed by atoms with Crippen molar-refractivity contribution in [3.63, 3.8) is 0 Å². The monoisotopic (exact) mass is 282 g/mol. The van der Waals surface area contributed by atoms with Gasteiger partial charge in [-0.25, -0.2) is 4.98 Å². The number of rotatable bonds is 3. The van der Waals surface area contributed by atoms with Crippen LogP contribution in [0.4, 0.5) is 0 Å². The smallest absolute Gasteiger partial charge is 0.240 e. The zero-order valence-corrected chi connectivity index (χ0v) is 12.8. The molecule has 0 radical (unpaired) electrons. The van der Waals surface area contributed by atoms with E-state index in [0.717, 1.165) is 23.8 Å². The molecule has 1 aliphatic rings. The first-order valence-corrected chi connectivity index (χ1v) is 7.48. The van der Waals surface area contributed by atoms with Crippen molar-refractivity contribution in [2.24, 2.45) is 0 Å². The third kappa shape index (κ3) is 3.13. The van der Waals surface area contributed by atoms with E-state index in [2.05, 4.69) is 27.5 Å². The number of aromatic nitrogens is 1. The third-order valence-electron chi connectivity index (χ3n) is 3.57. The lowest BCUT2D eigenvalue weighted by atomic mass is 10.1. The minimum atomic E-state index is -0.0965. The predicted octanol–water partition coefficient (Wildman–Crippen LogP) is 0.875. The van der Waals surface area contributed by atoms with Crippen molar-refractivity contribution >= 4 is 17.2 Å². The van der Waals surface area contributed by atoms with Crippen molar-refractivity contribution in [1.29, 1.82) is 0 Å². The quantitative estimate of drug-likeness (QED) is 0.894. The first kappa shape index (κ1) is 14.4. The fraction of sp³-hybridized carbons (Fsp3) is 0.692. The highest BCUT2D eigenvalue weighted by Gasteiger charge is 2.33. The molecule has 1 amide bonds. The van der Waals surface area contributed by atoms with Crippen molar-refractivity contribution < 1.29 is 4.79 Å². The molecule has 1 N–H and O–H groups in total. The molecular formula is C13H22N4OS. The van der Waals surface area contributed by atoms with Gasteiger partial charge < -0.3 is 10.2 Å². The van der Waals surface area contributed by atoms with Crippen LogP contribution in [0.1, 0.15) is 23.7 Å². The van der Waals surface area contributed by atoms with Crippen LogP contribution in [0.2, 0.25) is 0 Å². The summed E-state index contributed by atoms with van der Waals surface area (Å²) < 4.78 is 0. The first-order chi connectivity index (χ1) is 9.00. The summed E-state index contributed by atoms with van der Waals surface area (Å²) in [6, 6.07) is 0.0849. The topological polar surface area (TPSA) is 48.5 Å². The van der Waals surface area contributed by atoms with E-state index in [9.17, 15) is 4.79 Å². The van der Waals surface area contributed by atoms with Crippen LogP contribution in [0.3, 0.4) is 0 Å². The molecule has 6 heteroatoms. The lowest BCUT2D eigenvalue weighted by Crippen LogP contribution is -2.58. The molecule has 2 atom stereocenters. The van der Waals surface area contributed by atoms with Crippen molar-refractivity contribution in [3.8, 4) is 0 Å². The summed E-state index contributed by atoms with van der Waals surface area (Å²) in [5, 5.41) is 6.48. The number of hydrogen-bond acceptors (Lipinski definition) is 5. The van der Waals surface area contributed by atoms with Crippen LogP contribution in [0, 0.1) is 6.92 Å². The fourth-order valence-corrected chi connectivity index (χ4v) is 3.15. The molecule has 1 aromatic heterocycles. The number of nitrogens with zero attached hydrogens (tertiary/aromatic N) is 3. The van der Waals surface area contributed by atoms with Gasteiger partial charge in [-0.2, -0.15) is 0 Å². The molecule has 1 fully saturated rings. The summed E-state index contributed by atoms with van der Waals surface area (Å²) in [6.07, 6.45) is 0. The lowest BCUT2D eigenvalue weighted by molar-refractivity contribution is -0.136. The van der Waals surface area contributed by atoms with Gasteiger partial charge in [0.1, 0.15) is 6.04 Å². The second kappa shape index (κ2) is 5.98. The summed E-state index contributed by atoms with van der Waals surface area (Å²) in [5.74, 6) is 0.158. The molecule has 0 saturated carbocycles. The molecule has 1 aromatic rings. The molecule has 1 aliphatic heterocycles. The van der Waals surface area contributed by atoms with Crippen LogP contribution in [0.5, 0.6) is 0 Å². The highest BCUT2D eigenvalue weighted by Crippen LogP contribution is 2.25. The normalized spacial score (nSPS) is 22.2. The zero-order valence-electron chi connectivity index (χ0n) is 12.0. The second-order valence-corrected chi connectivity index (χ2v) is 6.22. The van der Waals surface area contributed by atoms with Gasteiger partial charge in [0, 0.05) is 39.1 Å². The Labute approximate surface area is 118 Å². The molecule has 0 bridgehead atoms.